The number of hydrogen-bond acceptors (Lipinski definition) is 5. The Morgan fingerprint density at radius 2 is 1.66 bits per heavy atom. The van der Waals surface area contributed by atoms with Crippen molar-refractivity contribution in [3.8, 4) is 5.75 Å². The number of nitrogens with one attached hydrogen (secondary N) is 1. The van der Waals surface area contributed by atoms with Crippen LogP contribution in [0, 0.1) is 6.92 Å². The van der Waals surface area contributed by atoms with Crippen LogP contribution < -0.4 is 14.4 Å². The van der Waals surface area contributed by atoms with Crippen LogP contribution in [0.25, 0.3) is 0 Å². The molecule has 220 valence electrons. The molecule has 2 amide bonds. The first-order valence-electron chi connectivity index (χ1n) is 13.4. The standard InChI is InChI=1S/C31H38ClN3O5S/c1-6-23(3)33-31(37)28(18-24-10-8-7-9-11-24)34(20-25-14-12-22(2)13-15-25)30(36)21-35(41(5,38)39)26-16-17-29(40-4)27(32)19-26/h7-17,19,23,28H,6,18,20-21H2,1-5H3,(H,33,37)/t23-,28-/m0/s1. The number of halogens is 1. The zero-order chi connectivity index (χ0) is 30.2. The Morgan fingerprint density at radius 3 is 2.22 bits per heavy atom. The number of carbonyl (C=O) groups excluding carboxylic acids is 2. The van der Waals surface area contributed by atoms with Gasteiger partial charge < -0.3 is 15.0 Å². The molecule has 41 heavy (non-hydrogen) atoms. The van der Waals surface area contributed by atoms with Crippen LogP contribution in [0.15, 0.2) is 72.8 Å². The van der Waals surface area contributed by atoms with Gasteiger partial charge in [-0.3, -0.25) is 13.9 Å². The van der Waals surface area contributed by atoms with Crippen LogP contribution >= 0.6 is 11.6 Å². The Morgan fingerprint density at radius 1 is 1.00 bits per heavy atom. The quantitative estimate of drug-likeness (QED) is 0.299. The van der Waals surface area contributed by atoms with Crippen molar-refractivity contribution in [2.45, 2.75) is 52.2 Å². The Balaban J connectivity index is 2.06. The highest BCUT2D eigenvalue weighted by Crippen LogP contribution is 2.30. The second kappa shape index (κ2) is 14.4. The van der Waals surface area contributed by atoms with Crippen LogP contribution in [0.1, 0.15) is 37.0 Å². The summed E-state index contributed by atoms with van der Waals surface area (Å²) in [4.78, 5) is 29.3. The van der Waals surface area contributed by atoms with Crippen LogP contribution in [0.3, 0.4) is 0 Å². The van der Waals surface area contributed by atoms with Crippen molar-refractivity contribution in [3.05, 3.63) is 94.5 Å². The number of hydrogen-bond donors (Lipinski definition) is 1. The molecule has 0 radical (unpaired) electrons. The van der Waals surface area contributed by atoms with Gasteiger partial charge in [0.05, 0.1) is 24.1 Å². The first-order valence-corrected chi connectivity index (χ1v) is 15.7. The fourth-order valence-electron chi connectivity index (χ4n) is 4.31. The van der Waals surface area contributed by atoms with Gasteiger partial charge in [-0.15, -0.1) is 0 Å². The summed E-state index contributed by atoms with van der Waals surface area (Å²) in [5.74, 6) is -0.453. The van der Waals surface area contributed by atoms with Gasteiger partial charge in [0.1, 0.15) is 18.3 Å². The van der Waals surface area contributed by atoms with E-state index in [9.17, 15) is 18.0 Å². The minimum atomic E-state index is -3.90. The fourth-order valence-corrected chi connectivity index (χ4v) is 5.40. The molecule has 1 N–H and O–H groups in total. The van der Waals surface area contributed by atoms with Gasteiger partial charge in [0.2, 0.25) is 21.8 Å². The largest absolute Gasteiger partial charge is 0.495 e. The maximum Gasteiger partial charge on any atom is 0.244 e. The maximum atomic E-state index is 14.1. The predicted octanol–water partition coefficient (Wildman–Crippen LogP) is 4.98. The molecule has 0 saturated carbocycles. The number of carbonyl (C=O) groups is 2. The number of methoxy groups -OCH3 is 1. The number of amides is 2. The third-order valence-electron chi connectivity index (χ3n) is 6.85. The second-order valence-corrected chi connectivity index (χ2v) is 12.4. The monoisotopic (exact) mass is 599 g/mol. The molecule has 0 aliphatic carbocycles. The smallest absolute Gasteiger partial charge is 0.244 e. The number of benzene rings is 3. The molecule has 0 aliphatic rings. The van der Waals surface area contributed by atoms with E-state index in [2.05, 4.69) is 5.32 Å². The molecule has 8 nitrogen and oxygen atoms in total. The highest BCUT2D eigenvalue weighted by atomic mass is 35.5. The van der Waals surface area contributed by atoms with E-state index in [-0.39, 0.29) is 35.6 Å². The number of anilines is 1. The van der Waals surface area contributed by atoms with Crippen LogP contribution in [-0.4, -0.2) is 57.1 Å². The molecule has 0 aromatic heterocycles. The molecule has 3 aromatic carbocycles. The van der Waals surface area contributed by atoms with Gasteiger partial charge in [-0.05, 0) is 49.6 Å². The highest BCUT2D eigenvalue weighted by molar-refractivity contribution is 7.92. The minimum absolute atomic E-state index is 0.106. The van der Waals surface area contributed by atoms with E-state index in [1.54, 1.807) is 6.07 Å². The summed E-state index contributed by atoms with van der Waals surface area (Å²) in [6, 6.07) is 20.6. The zero-order valence-electron chi connectivity index (χ0n) is 24.1. The summed E-state index contributed by atoms with van der Waals surface area (Å²) in [5.41, 5.74) is 2.96. The summed E-state index contributed by atoms with van der Waals surface area (Å²) in [5, 5.41) is 3.23. The summed E-state index contributed by atoms with van der Waals surface area (Å²) < 4.78 is 32.1. The first kappa shape index (κ1) is 32.0. The summed E-state index contributed by atoms with van der Waals surface area (Å²) >= 11 is 6.29. The molecule has 3 aromatic rings. The van der Waals surface area contributed by atoms with E-state index in [4.69, 9.17) is 16.3 Å². The van der Waals surface area contributed by atoms with Gasteiger partial charge in [0.15, 0.2) is 0 Å². The lowest BCUT2D eigenvalue weighted by atomic mass is 10.0. The number of nitrogens with zero attached hydrogens (tertiary/aromatic N) is 2. The van der Waals surface area contributed by atoms with Gasteiger partial charge >= 0.3 is 0 Å². The normalized spacial score (nSPS) is 12.7. The van der Waals surface area contributed by atoms with Crippen molar-refractivity contribution in [2.75, 3.05) is 24.2 Å². The van der Waals surface area contributed by atoms with Crippen LogP contribution in [-0.2, 0) is 32.6 Å². The molecule has 0 unspecified atom stereocenters. The lowest BCUT2D eigenvalue weighted by molar-refractivity contribution is -0.140. The third-order valence-corrected chi connectivity index (χ3v) is 8.28. The Hall–Kier alpha value is -3.56. The second-order valence-electron chi connectivity index (χ2n) is 10.1. The molecule has 0 saturated heterocycles. The SMILES string of the molecule is CC[C@H](C)NC(=O)[C@H](Cc1ccccc1)N(Cc1ccc(C)cc1)C(=O)CN(c1ccc(OC)c(Cl)c1)S(C)(=O)=O. The number of sulfonamides is 1. The molecule has 3 rings (SSSR count). The number of ether oxygens (including phenoxy) is 1. The molecule has 0 heterocycles. The van der Waals surface area contributed by atoms with E-state index in [1.807, 2.05) is 75.4 Å². The van der Waals surface area contributed by atoms with Crippen LogP contribution in [0.5, 0.6) is 5.75 Å². The van der Waals surface area contributed by atoms with Crippen molar-refractivity contribution in [1.29, 1.82) is 0 Å². The average molecular weight is 600 g/mol. The van der Waals surface area contributed by atoms with Crippen molar-refractivity contribution in [2.24, 2.45) is 0 Å². The van der Waals surface area contributed by atoms with Crippen LogP contribution in [0.2, 0.25) is 5.02 Å². The van der Waals surface area contributed by atoms with E-state index < -0.39 is 28.5 Å². The Labute approximate surface area is 248 Å². The van der Waals surface area contributed by atoms with E-state index in [1.165, 1.54) is 24.1 Å². The summed E-state index contributed by atoms with van der Waals surface area (Å²) in [7, 11) is -2.45. The van der Waals surface area contributed by atoms with E-state index >= 15 is 0 Å². The fraction of sp³-hybridized carbons (Fsp3) is 0.355. The molecule has 0 fully saturated rings. The maximum absolute atomic E-state index is 14.1. The molecule has 0 spiro atoms. The van der Waals surface area contributed by atoms with Crippen molar-refractivity contribution in [3.63, 3.8) is 0 Å². The van der Waals surface area contributed by atoms with Gasteiger partial charge in [0, 0.05) is 19.0 Å². The van der Waals surface area contributed by atoms with Gasteiger partial charge in [0.25, 0.3) is 0 Å². The van der Waals surface area contributed by atoms with Crippen molar-refractivity contribution >= 4 is 39.1 Å². The van der Waals surface area contributed by atoms with E-state index in [0.717, 1.165) is 33.7 Å². The molecular weight excluding hydrogens is 562 g/mol. The molecular formula is C31H38ClN3O5S. The van der Waals surface area contributed by atoms with Gasteiger partial charge in [-0.25, -0.2) is 8.42 Å². The highest BCUT2D eigenvalue weighted by Gasteiger charge is 2.33. The minimum Gasteiger partial charge on any atom is -0.495 e. The first-order chi connectivity index (χ1) is 19.4. The Bertz CT molecular complexity index is 1430. The zero-order valence-corrected chi connectivity index (χ0v) is 25.7. The molecule has 0 bridgehead atoms. The third kappa shape index (κ3) is 8.96. The lowest BCUT2D eigenvalue weighted by Crippen LogP contribution is -2.54. The van der Waals surface area contributed by atoms with Crippen molar-refractivity contribution < 1.29 is 22.7 Å². The predicted molar refractivity (Wildman–Crippen MR) is 164 cm³/mol. The average Bonchev–Trinajstić information content (AvgIpc) is 2.94. The molecule has 2 atom stereocenters. The lowest BCUT2D eigenvalue weighted by Gasteiger charge is -2.34. The molecule has 10 heteroatoms. The van der Waals surface area contributed by atoms with E-state index in [0.29, 0.717) is 5.75 Å². The summed E-state index contributed by atoms with van der Waals surface area (Å²) in [6.45, 7) is 5.44. The topological polar surface area (TPSA) is 96.0 Å². The summed E-state index contributed by atoms with van der Waals surface area (Å²) in [6.07, 6.45) is 2.00. The van der Waals surface area contributed by atoms with Crippen LogP contribution in [0.4, 0.5) is 5.69 Å². The van der Waals surface area contributed by atoms with Gasteiger partial charge in [-0.2, -0.15) is 0 Å². The van der Waals surface area contributed by atoms with Gasteiger partial charge in [-0.1, -0.05) is 78.7 Å². The number of rotatable bonds is 13. The van der Waals surface area contributed by atoms with Crippen molar-refractivity contribution in [1.82, 2.24) is 10.2 Å². The molecule has 0 aliphatic heterocycles. The number of aryl methyl sites for hydroxylation is 1. The Kier molecular flexibility index (Phi) is 11.2.